The van der Waals surface area contributed by atoms with Crippen LogP contribution in [-0.4, -0.2) is 72.3 Å². The van der Waals surface area contributed by atoms with E-state index in [0.717, 1.165) is 12.8 Å². The molecule has 1 saturated heterocycles. The summed E-state index contributed by atoms with van der Waals surface area (Å²) in [5.74, 6) is -0.276. The number of aliphatic hydroxyl groups excluding tert-OH is 1. The molecule has 2 amide bonds. The largest absolute Gasteiger partial charge is 0.449 e. The first-order chi connectivity index (χ1) is 9.10. The molecule has 3 N–H and O–H groups in total. The number of piperazine rings is 1. The van der Waals surface area contributed by atoms with Gasteiger partial charge in [-0.25, -0.2) is 4.79 Å². The highest BCUT2D eigenvalue weighted by molar-refractivity contribution is 5.85. The van der Waals surface area contributed by atoms with Crippen LogP contribution in [0.2, 0.25) is 0 Å². The van der Waals surface area contributed by atoms with Gasteiger partial charge in [-0.15, -0.1) is 12.4 Å². The highest BCUT2D eigenvalue weighted by atomic mass is 35.5. The van der Waals surface area contributed by atoms with Gasteiger partial charge in [0.1, 0.15) is 6.04 Å². The lowest BCUT2D eigenvalue weighted by atomic mass is 10.2. The Balaban J connectivity index is 0.00000361. The number of amides is 2. The average molecular weight is 310 g/mol. The predicted octanol–water partition coefficient (Wildman–Crippen LogP) is -0.191. The Bertz CT molecular complexity index is 309. The van der Waals surface area contributed by atoms with E-state index < -0.39 is 6.04 Å². The van der Waals surface area contributed by atoms with Crippen LogP contribution in [0.3, 0.4) is 0 Å². The molecule has 0 aromatic carbocycles. The number of ether oxygens (including phenoxy) is 1. The maximum absolute atomic E-state index is 11.7. The second-order valence-electron chi connectivity index (χ2n) is 4.57. The van der Waals surface area contributed by atoms with Gasteiger partial charge in [0.05, 0.1) is 13.2 Å². The van der Waals surface area contributed by atoms with Crippen LogP contribution in [0.5, 0.6) is 0 Å². The second kappa shape index (κ2) is 9.79. The molecule has 1 aliphatic rings. The van der Waals surface area contributed by atoms with Crippen molar-refractivity contribution in [3.05, 3.63) is 0 Å². The van der Waals surface area contributed by atoms with Gasteiger partial charge in [-0.1, -0.05) is 13.3 Å². The van der Waals surface area contributed by atoms with E-state index in [4.69, 9.17) is 15.6 Å². The summed E-state index contributed by atoms with van der Waals surface area (Å²) in [4.78, 5) is 26.6. The number of carbonyl (C=O) groups is 2. The van der Waals surface area contributed by atoms with Crippen molar-refractivity contribution in [3.8, 4) is 0 Å². The van der Waals surface area contributed by atoms with Crippen LogP contribution in [0, 0.1) is 0 Å². The molecule has 0 radical (unpaired) electrons. The maximum Gasteiger partial charge on any atom is 0.409 e. The molecule has 0 aromatic heterocycles. The summed E-state index contributed by atoms with van der Waals surface area (Å²) >= 11 is 0. The second-order valence-corrected chi connectivity index (χ2v) is 4.57. The number of unbranched alkanes of at least 4 members (excludes halogenated alkanes) is 1. The van der Waals surface area contributed by atoms with Crippen LogP contribution in [0.15, 0.2) is 0 Å². The Kier molecular flexibility index (Phi) is 9.28. The standard InChI is InChI=1S/C12H23N3O4.ClH/c1-2-3-8-19-12(18)15-6-4-14(5-7-15)11(17)10(13)9-16;/h10,16H,2-9,13H2,1H3;1H. The zero-order chi connectivity index (χ0) is 14.3. The predicted molar refractivity (Wildman–Crippen MR) is 76.7 cm³/mol. The minimum Gasteiger partial charge on any atom is -0.449 e. The molecule has 0 bridgehead atoms. The Morgan fingerprint density at radius 1 is 1.25 bits per heavy atom. The van der Waals surface area contributed by atoms with Crippen molar-refractivity contribution in [3.63, 3.8) is 0 Å². The highest BCUT2D eigenvalue weighted by Gasteiger charge is 2.27. The molecule has 1 unspecified atom stereocenters. The molecule has 118 valence electrons. The third kappa shape index (κ3) is 5.52. The summed E-state index contributed by atoms with van der Waals surface area (Å²) in [7, 11) is 0. The highest BCUT2D eigenvalue weighted by Crippen LogP contribution is 2.05. The van der Waals surface area contributed by atoms with Crippen molar-refractivity contribution in [1.82, 2.24) is 9.80 Å². The third-order valence-corrected chi connectivity index (χ3v) is 3.09. The normalized spacial score (nSPS) is 16.4. The lowest BCUT2D eigenvalue weighted by Crippen LogP contribution is -2.55. The molecule has 20 heavy (non-hydrogen) atoms. The first-order valence-corrected chi connectivity index (χ1v) is 6.67. The van der Waals surface area contributed by atoms with E-state index in [2.05, 4.69) is 0 Å². The molecule has 7 nitrogen and oxygen atoms in total. The van der Waals surface area contributed by atoms with Crippen molar-refractivity contribution in [2.75, 3.05) is 39.4 Å². The Morgan fingerprint density at radius 2 is 1.80 bits per heavy atom. The lowest BCUT2D eigenvalue weighted by Gasteiger charge is -2.35. The van der Waals surface area contributed by atoms with Gasteiger partial charge in [-0.2, -0.15) is 0 Å². The van der Waals surface area contributed by atoms with Crippen LogP contribution in [0.25, 0.3) is 0 Å². The maximum atomic E-state index is 11.7. The minimum atomic E-state index is -0.872. The van der Waals surface area contributed by atoms with Gasteiger partial charge < -0.3 is 25.4 Å². The molecular weight excluding hydrogens is 286 g/mol. The third-order valence-electron chi connectivity index (χ3n) is 3.09. The summed E-state index contributed by atoms with van der Waals surface area (Å²) in [6.45, 7) is 3.83. The van der Waals surface area contributed by atoms with Gasteiger partial charge in [-0.3, -0.25) is 4.79 Å². The first kappa shape index (κ1) is 18.9. The van der Waals surface area contributed by atoms with Crippen molar-refractivity contribution in [1.29, 1.82) is 0 Å². The topological polar surface area (TPSA) is 96.1 Å². The van der Waals surface area contributed by atoms with E-state index in [9.17, 15) is 9.59 Å². The number of rotatable bonds is 5. The number of hydrogen-bond donors (Lipinski definition) is 2. The minimum absolute atomic E-state index is 0. The van der Waals surface area contributed by atoms with Gasteiger partial charge in [0.2, 0.25) is 5.91 Å². The molecule has 1 rings (SSSR count). The van der Waals surface area contributed by atoms with Crippen LogP contribution >= 0.6 is 12.4 Å². The van der Waals surface area contributed by atoms with Crippen molar-refractivity contribution in [2.45, 2.75) is 25.8 Å². The van der Waals surface area contributed by atoms with Crippen molar-refractivity contribution < 1.29 is 19.4 Å². The van der Waals surface area contributed by atoms with Gasteiger partial charge in [0, 0.05) is 26.2 Å². The molecule has 1 heterocycles. The van der Waals surface area contributed by atoms with E-state index in [-0.39, 0.29) is 31.0 Å². The Morgan fingerprint density at radius 3 is 2.30 bits per heavy atom. The fourth-order valence-electron chi connectivity index (χ4n) is 1.82. The zero-order valence-electron chi connectivity index (χ0n) is 11.8. The molecule has 1 atom stereocenters. The van der Waals surface area contributed by atoms with Crippen LogP contribution in [0.4, 0.5) is 4.79 Å². The van der Waals surface area contributed by atoms with E-state index in [1.54, 1.807) is 9.80 Å². The number of aliphatic hydroxyl groups is 1. The fourth-order valence-corrected chi connectivity index (χ4v) is 1.82. The van der Waals surface area contributed by atoms with Gasteiger partial charge in [0.25, 0.3) is 0 Å². The first-order valence-electron chi connectivity index (χ1n) is 6.67. The lowest BCUT2D eigenvalue weighted by molar-refractivity contribution is -0.135. The quantitative estimate of drug-likeness (QED) is 0.686. The number of nitrogens with two attached hydrogens (primary N) is 1. The molecule has 0 spiro atoms. The van der Waals surface area contributed by atoms with E-state index in [0.29, 0.717) is 32.8 Å². The smallest absolute Gasteiger partial charge is 0.409 e. The summed E-state index contributed by atoms with van der Waals surface area (Å²) in [5.41, 5.74) is 5.48. The number of halogens is 1. The molecule has 0 saturated carbocycles. The van der Waals surface area contributed by atoms with E-state index >= 15 is 0 Å². The average Bonchev–Trinajstić information content (AvgIpc) is 2.46. The molecule has 1 aliphatic heterocycles. The Labute approximate surface area is 125 Å². The molecular formula is C12H24ClN3O4. The number of carbonyl (C=O) groups excluding carboxylic acids is 2. The summed E-state index contributed by atoms with van der Waals surface area (Å²) < 4.78 is 5.11. The summed E-state index contributed by atoms with van der Waals surface area (Å²) in [6.07, 6.45) is 1.51. The molecule has 8 heteroatoms. The van der Waals surface area contributed by atoms with Gasteiger partial charge in [0.15, 0.2) is 0 Å². The van der Waals surface area contributed by atoms with Crippen LogP contribution in [0.1, 0.15) is 19.8 Å². The fraction of sp³-hybridized carbons (Fsp3) is 0.833. The Hall–Kier alpha value is -1.05. The van der Waals surface area contributed by atoms with Crippen LogP contribution < -0.4 is 5.73 Å². The summed E-state index contributed by atoms with van der Waals surface area (Å²) in [5, 5.41) is 8.84. The SMILES string of the molecule is CCCCOC(=O)N1CCN(C(=O)C(N)CO)CC1.Cl. The molecule has 1 fully saturated rings. The van der Waals surface area contributed by atoms with E-state index in [1.807, 2.05) is 6.92 Å². The number of hydrogen-bond acceptors (Lipinski definition) is 5. The summed E-state index contributed by atoms with van der Waals surface area (Å²) in [6, 6.07) is -0.872. The molecule has 0 aromatic rings. The van der Waals surface area contributed by atoms with Gasteiger partial charge in [-0.05, 0) is 6.42 Å². The van der Waals surface area contributed by atoms with E-state index in [1.165, 1.54) is 0 Å². The van der Waals surface area contributed by atoms with Crippen molar-refractivity contribution >= 4 is 24.4 Å². The van der Waals surface area contributed by atoms with Crippen LogP contribution in [-0.2, 0) is 9.53 Å². The van der Waals surface area contributed by atoms with Gasteiger partial charge >= 0.3 is 6.09 Å². The zero-order valence-corrected chi connectivity index (χ0v) is 12.6. The monoisotopic (exact) mass is 309 g/mol. The molecule has 0 aliphatic carbocycles. The number of nitrogens with zero attached hydrogens (tertiary/aromatic N) is 2. The van der Waals surface area contributed by atoms with Crippen molar-refractivity contribution in [2.24, 2.45) is 5.73 Å².